The lowest BCUT2D eigenvalue weighted by Gasteiger charge is -2.05. The fraction of sp³-hybridized carbons (Fsp3) is 0.267. The Labute approximate surface area is 133 Å². The molecule has 8 heteroatoms. The Morgan fingerprint density at radius 1 is 1.22 bits per heavy atom. The molecule has 1 amide bonds. The number of rotatable bonds is 7. The minimum atomic E-state index is -0.444. The van der Waals surface area contributed by atoms with Crippen molar-refractivity contribution in [2.45, 2.75) is 25.8 Å². The predicted molar refractivity (Wildman–Crippen MR) is 82.6 cm³/mol. The van der Waals surface area contributed by atoms with Crippen molar-refractivity contribution in [1.29, 1.82) is 0 Å². The van der Waals surface area contributed by atoms with E-state index in [4.69, 9.17) is 5.73 Å². The number of nitrogens with zero attached hydrogens (tertiary/aromatic N) is 6. The second-order valence-electron chi connectivity index (χ2n) is 5.08. The summed E-state index contributed by atoms with van der Waals surface area (Å²) in [4.78, 5) is 19.6. The van der Waals surface area contributed by atoms with Crippen molar-refractivity contribution in [3.8, 4) is 5.69 Å². The van der Waals surface area contributed by atoms with Crippen LogP contribution in [0.25, 0.3) is 5.69 Å². The highest BCUT2D eigenvalue weighted by Crippen LogP contribution is 2.11. The zero-order valence-corrected chi connectivity index (χ0v) is 12.5. The van der Waals surface area contributed by atoms with Gasteiger partial charge in [0.1, 0.15) is 5.82 Å². The van der Waals surface area contributed by atoms with Gasteiger partial charge in [-0.25, -0.2) is 9.67 Å². The molecule has 3 heterocycles. The third-order valence-electron chi connectivity index (χ3n) is 3.30. The molecule has 23 heavy (non-hydrogen) atoms. The molecule has 118 valence electrons. The van der Waals surface area contributed by atoms with Gasteiger partial charge in [0, 0.05) is 37.8 Å². The second kappa shape index (κ2) is 6.82. The number of hydrogen-bond donors (Lipinski definition) is 1. The summed E-state index contributed by atoms with van der Waals surface area (Å²) in [5.41, 5.74) is 6.10. The van der Waals surface area contributed by atoms with E-state index >= 15 is 0 Å². The molecule has 0 aromatic carbocycles. The molecule has 0 spiro atoms. The lowest BCUT2D eigenvalue weighted by molar-refractivity contribution is -0.117. The molecule has 2 N–H and O–H groups in total. The number of amides is 1. The molecule has 0 radical (unpaired) electrons. The lowest BCUT2D eigenvalue weighted by atomic mass is 10.3. The number of carbonyl (C=O) groups is 1. The number of primary amides is 1. The van der Waals surface area contributed by atoms with Crippen LogP contribution in [0, 0.1) is 0 Å². The second-order valence-corrected chi connectivity index (χ2v) is 5.08. The molecule has 0 saturated heterocycles. The quantitative estimate of drug-likeness (QED) is 0.685. The Morgan fingerprint density at radius 2 is 2.04 bits per heavy atom. The lowest BCUT2D eigenvalue weighted by Crippen LogP contribution is -2.14. The summed E-state index contributed by atoms with van der Waals surface area (Å²) in [7, 11) is 0. The normalized spacial score (nSPS) is 10.8. The first-order valence-corrected chi connectivity index (χ1v) is 7.33. The first-order valence-electron chi connectivity index (χ1n) is 7.33. The molecule has 3 aromatic rings. The van der Waals surface area contributed by atoms with E-state index in [1.54, 1.807) is 23.3 Å². The number of aromatic nitrogens is 6. The fourth-order valence-corrected chi connectivity index (χ4v) is 2.31. The number of aryl methyl sites for hydroxylation is 2. The first kappa shape index (κ1) is 14.9. The van der Waals surface area contributed by atoms with Gasteiger partial charge in [-0.2, -0.15) is 10.2 Å². The average Bonchev–Trinajstić information content (AvgIpc) is 3.18. The topological polar surface area (TPSA) is 105 Å². The Balaban J connectivity index is 1.78. The number of pyridine rings is 1. The van der Waals surface area contributed by atoms with Crippen LogP contribution >= 0.6 is 0 Å². The van der Waals surface area contributed by atoms with Crippen molar-refractivity contribution in [2.24, 2.45) is 5.73 Å². The molecule has 0 saturated carbocycles. The molecule has 0 aliphatic carbocycles. The summed E-state index contributed by atoms with van der Waals surface area (Å²) in [6.07, 6.45) is 8.67. The third kappa shape index (κ3) is 3.79. The van der Waals surface area contributed by atoms with Gasteiger partial charge in [-0.1, -0.05) is 0 Å². The van der Waals surface area contributed by atoms with Gasteiger partial charge in [-0.3, -0.25) is 14.5 Å². The minimum Gasteiger partial charge on any atom is -0.369 e. The summed E-state index contributed by atoms with van der Waals surface area (Å²) >= 11 is 0. The molecule has 0 fully saturated rings. The Morgan fingerprint density at radius 3 is 2.74 bits per heavy atom. The molecule has 0 bridgehead atoms. The van der Waals surface area contributed by atoms with E-state index in [0.717, 1.165) is 24.5 Å². The van der Waals surface area contributed by atoms with Gasteiger partial charge >= 0.3 is 0 Å². The van der Waals surface area contributed by atoms with Gasteiger partial charge in [0.15, 0.2) is 5.82 Å². The highest BCUT2D eigenvalue weighted by Gasteiger charge is 2.13. The van der Waals surface area contributed by atoms with Gasteiger partial charge in [0.25, 0.3) is 0 Å². The molecular weight excluding hydrogens is 294 g/mol. The van der Waals surface area contributed by atoms with Crippen molar-refractivity contribution < 1.29 is 4.79 Å². The van der Waals surface area contributed by atoms with Crippen LogP contribution in [0.4, 0.5) is 0 Å². The third-order valence-corrected chi connectivity index (χ3v) is 3.30. The van der Waals surface area contributed by atoms with E-state index in [9.17, 15) is 4.79 Å². The maximum Gasteiger partial charge on any atom is 0.225 e. The van der Waals surface area contributed by atoms with Gasteiger partial charge < -0.3 is 5.73 Å². The van der Waals surface area contributed by atoms with Crippen LogP contribution in [0.5, 0.6) is 0 Å². The Hall–Kier alpha value is -3.03. The monoisotopic (exact) mass is 311 g/mol. The molecule has 3 rings (SSSR count). The summed E-state index contributed by atoms with van der Waals surface area (Å²) in [6, 6.07) is 5.59. The van der Waals surface area contributed by atoms with Crippen LogP contribution in [-0.4, -0.2) is 35.4 Å². The van der Waals surface area contributed by atoms with E-state index in [1.165, 1.54) is 0 Å². The molecule has 8 nitrogen and oxygen atoms in total. The summed E-state index contributed by atoms with van der Waals surface area (Å²) in [5, 5.41) is 8.57. The zero-order chi connectivity index (χ0) is 16.1. The minimum absolute atomic E-state index is 0.0320. The smallest absolute Gasteiger partial charge is 0.225 e. The zero-order valence-electron chi connectivity index (χ0n) is 12.5. The van der Waals surface area contributed by atoms with Gasteiger partial charge in [-0.15, -0.1) is 0 Å². The van der Waals surface area contributed by atoms with Crippen LogP contribution in [-0.2, 0) is 24.2 Å². The molecular formula is C15H17N7O. The largest absolute Gasteiger partial charge is 0.369 e. The number of hydrogen-bond acceptors (Lipinski definition) is 5. The van der Waals surface area contributed by atoms with E-state index in [-0.39, 0.29) is 6.42 Å². The summed E-state index contributed by atoms with van der Waals surface area (Å²) in [5.74, 6) is 0.781. The highest BCUT2D eigenvalue weighted by atomic mass is 16.1. The van der Waals surface area contributed by atoms with E-state index < -0.39 is 5.91 Å². The van der Waals surface area contributed by atoms with Gasteiger partial charge in [-0.05, 0) is 24.6 Å². The number of nitrogens with two attached hydrogens (primary N) is 1. The number of carbonyl (C=O) groups excluding carboxylic acids is 1. The van der Waals surface area contributed by atoms with Crippen molar-refractivity contribution in [3.05, 3.63) is 54.6 Å². The van der Waals surface area contributed by atoms with E-state index in [2.05, 4.69) is 20.2 Å². The van der Waals surface area contributed by atoms with Crippen LogP contribution in [0.2, 0.25) is 0 Å². The van der Waals surface area contributed by atoms with Crippen molar-refractivity contribution in [2.75, 3.05) is 0 Å². The Kier molecular flexibility index (Phi) is 4.41. The Bertz CT molecular complexity index is 764. The van der Waals surface area contributed by atoms with Gasteiger partial charge in [0.2, 0.25) is 5.91 Å². The average molecular weight is 311 g/mol. The SMILES string of the molecule is NC(=O)Cc1nc(CCCn2cccn2)n(-c2ccncc2)n1. The van der Waals surface area contributed by atoms with E-state index in [0.29, 0.717) is 12.2 Å². The predicted octanol–water partition coefficient (Wildman–Crippen LogP) is 0.519. The standard InChI is InChI=1S/C15H17N7O/c16-13(23)11-14-19-15(3-1-9-21-10-2-6-18-21)22(20-14)12-4-7-17-8-5-12/h2,4-8,10H,1,3,9,11H2,(H2,16,23). The molecule has 0 aliphatic heterocycles. The summed E-state index contributed by atoms with van der Waals surface area (Å²) < 4.78 is 3.61. The molecule has 0 atom stereocenters. The van der Waals surface area contributed by atoms with E-state index in [1.807, 2.05) is 29.1 Å². The molecule has 0 aliphatic rings. The van der Waals surface area contributed by atoms with Gasteiger partial charge in [0.05, 0.1) is 12.1 Å². The van der Waals surface area contributed by atoms with Crippen LogP contribution in [0.15, 0.2) is 43.0 Å². The first-order chi connectivity index (χ1) is 11.2. The van der Waals surface area contributed by atoms with Crippen molar-refractivity contribution in [1.82, 2.24) is 29.5 Å². The van der Waals surface area contributed by atoms with Crippen LogP contribution in [0.1, 0.15) is 18.1 Å². The maximum atomic E-state index is 11.1. The summed E-state index contributed by atoms with van der Waals surface area (Å²) in [6.45, 7) is 0.793. The van der Waals surface area contributed by atoms with Crippen molar-refractivity contribution in [3.63, 3.8) is 0 Å². The van der Waals surface area contributed by atoms with Crippen LogP contribution in [0.3, 0.4) is 0 Å². The molecule has 0 unspecified atom stereocenters. The highest BCUT2D eigenvalue weighted by molar-refractivity contribution is 5.75. The fourth-order valence-electron chi connectivity index (χ4n) is 2.31. The molecule has 3 aromatic heterocycles. The maximum absolute atomic E-state index is 11.1. The van der Waals surface area contributed by atoms with Crippen molar-refractivity contribution >= 4 is 5.91 Å². The van der Waals surface area contributed by atoms with Crippen LogP contribution < -0.4 is 5.73 Å².